The maximum absolute atomic E-state index is 13.0. The molecular weight excluding hydrogens is 684 g/mol. The van der Waals surface area contributed by atoms with Crippen molar-refractivity contribution < 1.29 is 71.2 Å². The third-order valence-corrected chi connectivity index (χ3v) is 11.2. The standard InChI is InChI=1S/C26H53N5O15P2/c1-16(2)18(28)20(32)41-12-24(5,6)30-22(34)43-14-45-47(37,38)26(36,10-9-11-27)48(39,40)46-15-44-23(35)31-25(7,8)13-42-21(33)19(29)17(3)4/h16-19,36H,9-15,27-29H2,1-8H3,(H,30,34)(H,31,35)(H,37,38)(H,39,40)/t18-,19-/m0/s1. The monoisotopic (exact) mass is 737 g/mol. The topological polar surface area (TPSA) is 321 Å². The summed E-state index contributed by atoms with van der Waals surface area (Å²) in [5.41, 5.74) is 14.4. The Balaban J connectivity index is 5.26. The van der Waals surface area contributed by atoms with Gasteiger partial charge in [0.25, 0.3) is 5.08 Å². The van der Waals surface area contributed by atoms with Gasteiger partial charge in [-0.1, -0.05) is 27.7 Å². The van der Waals surface area contributed by atoms with Gasteiger partial charge < -0.3 is 61.7 Å². The Morgan fingerprint density at radius 2 is 1.04 bits per heavy atom. The molecule has 0 bridgehead atoms. The van der Waals surface area contributed by atoms with Crippen molar-refractivity contribution in [2.24, 2.45) is 29.0 Å². The van der Waals surface area contributed by atoms with E-state index in [-0.39, 0.29) is 38.0 Å². The smallest absolute Gasteiger partial charge is 0.409 e. The molecule has 282 valence electrons. The Bertz CT molecular complexity index is 1100. The third kappa shape index (κ3) is 15.0. The Kier molecular flexibility index (Phi) is 18.2. The molecule has 4 atom stereocenters. The minimum Gasteiger partial charge on any atom is -0.462 e. The fourth-order valence-corrected chi connectivity index (χ4v) is 6.54. The van der Waals surface area contributed by atoms with E-state index in [1.165, 1.54) is 27.7 Å². The summed E-state index contributed by atoms with van der Waals surface area (Å²) in [5, 5.41) is 12.1. The SMILES string of the molecule is CC(C)[C@H](N)C(=O)OCC(C)(C)NC(=O)OCOP(=O)(O)C(O)(CCCN)P(=O)(O)OCOC(=O)NC(C)(C)COC(=O)[C@@H](N)C(C)C. The Labute approximate surface area is 280 Å². The Hall–Kier alpha value is -2.38. The number of carbonyl (C=O) groups excluding carboxylic acids is 4. The quantitative estimate of drug-likeness (QED) is 0.0349. The van der Waals surface area contributed by atoms with E-state index in [4.69, 9.17) is 36.1 Å². The number of nitrogens with two attached hydrogens (primary N) is 3. The number of carbonyl (C=O) groups is 4. The van der Waals surface area contributed by atoms with Crippen molar-refractivity contribution in [3.05, 3.63) is 0 Å². The molecule has 0 fully saturated rings. The number of esters is 2. The Morgan fingerprint density at radius 3 is 1.33 bits per heavy atom. The van der Waals surface area contributed by atoms with Crippen LogP contribution in [0.3, 0.4) is 0 Å². The number of nitrogens with one attached hydrogen (secondary N) is 2. The van der Waals surface area contributed by atoms with Gasteiger partial charge >= 0.3 is 39.3 Å². The predicted octanol–water partition coefficient (Wildman–Crippen LogP) is 0.753. The average Bonchev–Trinajstić information content (AvgIpc) is 2.95. The van der Waals surface area contributed by atoms with Gasteiger partial charge in [-0.25, -0.2) is 9.59 Å². The summed E-state index contributed by atoms with van der Waals surface area (Å²) < 4.78 is 54.9. The molecule has 0 heterocycles. The van der Waals surface area contributed by atoms with Gasteiger partial charge in [-0.15, -0.1) is 0 Å². The van der Waals surface area contributed by atoms with Gasteiger partial charge in [0.05, 0.1) is 11.1 Å². The van der Waals surface area contributed by atoms with E-state index in [2.05, 4.69) is 19.7 Å². The highest BCUT2D eigenvalue weighted by Gasteiger charge is 2.62. The van der Waals surface area contributed by atoms with Crippen LogP contribution in [0.5, 0.6) is 0 Å². The molecular formula is C26H53N5O15P2. The predicted molar refractivity (Wildman–Crippen MR) is 170 cm³/mol. The minimum absolute atomic E-state index is 0.197. The molecule has 20 nitrogen and oxygen atoms in total. The van der Waals surface area contributed by atoms with E-state index < -0.39 is 87.6 Å². The van der Waals surface area contributed by atoms with Gasteiger partial charge in [-0.2, -0.15) is 0 Å². The van der Waals surface area contributed by atoms with Crippen LogP contribution < -0.4 is 27.8 Å². The summed E-state index contributed by atoms with van der Waals surface area (Å²) in [6, 6.07) is -1.78. The molecule has 0 aliphatic rings. The van der Waals surface area contributed by atoms with Gasteiger partial charge in [-0.3, -0.25) is 27.8 Å². The van der Waals surface area contributed by atoms with Crippen molar-refractivity contribution in [2.45, 2.75) is 96.5 Å². The molecule has 48 heavy (non-hydrogen) atoms. The van der Waals surface area contributed by atoms with Crippen LogP contribution in [0.15, 0.2) is 0 Å². The molecule has 0 aliphatic carbocycles. The van der Waals surface area contributed by atoms with Crippen LogP contribution in [0.25, 0.3) is 0 Å². The molecule has 11 N–H and O–H groups in total. The first-order valence-electron chi connectivity index (χ1n) is 14.9. The fourth-order valence-electron chi connectivity index (χ4n) is 3.23. The van der Waals surface area contributed by atoms with Crippen molar-refractivity contribution in [2.75, 3.05) is 33.3 Å². The van der Waals surface area contributed by atoms with Gasteiger partial charge in [0.1, 0.15) is 25.3 Å². The molecule has 0 rings (SSSR count). The second kappa shape index (κ2) is 19.1. The number of amides is 2. The number of hydrogen-bond acceptors (Lipinski definition) is 16. The molecule has 2 amide bonds. The van der Waals surface area contributed by atoms with E-state index in [0.29, 0.717) is 0 Å². The number of alkyl carbamates (subject to hydrolysis) is 2. The lowest BCUT2D eigenvalue weighted by Crippen LogP contribution is -2.49. The highest BCUT2D eigenvalue weighted by atomic mass is 31.2. The number of ether oxygens (including phenoxy) is 4. The molecule has 0 saturated heterocycles. The van der Waals surface area contributed by atoms with E-state index in [0.717, 1.165) is 0 Å². The van der Waals surface area contributed by atoms with Crippen LogP contribution in [-0.4, -0.2) is 101 Å². The first-order chi connectivity index (χ1) is 21.7. The summed E-state index contributed by atoms with van der Waals surface area (Å²) in [6.45, 7) is 9.31. The summed E-state index contributed by atoms with van der Waals surface area (Å²) in [5.74, 6) is -1.80. The first kappa shape index (κ1) is 45.6. The van der Waals surface area contributed by atoms with E-state index in [9.17, 15) is 43.2 Å². The molecule has 0 aliphatic heterocycles. The lowest BCUT2D eigenvalue weighted by Gasteiger charge is -2.34. The van der Waals surface area contributed by atoms with Crippen LogP contribution in [0.4, 0.5) is 9.59 Å². The molecule has 0 saturated carbocycles. The van der Waals surface area contributed by atoms with Gasteiger partial charge in [0.15, 0.2) is 0 Å². The molecule has 0 aromatic carbocycles. The highest BCUT2D eigenvalue weighted by molar-refractivity contribution is 7.72. The third-order valence-electron chi connectivity index (χ3n) is 6.47. The maximum atomic E-state index is 13.0. The summed E-state index contributed by atoms with van der Waals surface area (Å²) in [4.78, 5) is 69.5. The number of hydrogen-bond donors (Lipinski definition) is 8. The van der Waals surface area contributed by atoms with Crippen molar-refractivity contribution in [1.82, 2.24) is 10.6 Å². The van der Waals surface area contributed by atoms with Crippen LogP contribution >= 0.6 is 15.2 Å². The van der Waals surface area contributed by atoms with Crippen LogP contribution in [0.2, 0.25) is 0 Å². The average molecular weight is 738 g/mol. The van der Waals surface area contributed by atoms with Crippen molar-refractivity contribution >= 4 is 39.3 Å². The normalized spacial score (nSPS) is 17.2. The zero-order chi connectivity index (χ0) is 37.7. The molecule has 0 aromatic rings. The van der Waals surface area contributed by atoms with Crippen molar-refractivity contribution in [1.29, 1.82) is 0 Å². The lowest BCUT2D eigenvalue weighted by atomic mass is 10.1. The molecule has 0 spiro atoms. The van der Waals surface area contributed by atoms with E-state index in [1.807, 2.05) is 0 Å². The second-order valence-corrected chi connectivity index (χ2v) is 17.3. The zero-order valence-electron chi connectivity index (χ0n) is 28.6. The van der Waals surface area contributed by atoms with Gasteiger partial charge in [0.2, 0.25) is 13.6 Å². The summed E-state index contributed by atoms with van der Waals surface area (Å²) in [7, 11) is -11.2. The van der Waals surface area contributed by atoms with Crippen LogP contribution in [-0.2, 0) is 46.7 Å². The van der Waals surface area contributed by atoms with Crippen LogP contribution in [0.1, 0.15) is 68.2 Å². The van der Waals surface area contributed by atoms with E-state index >= 15 is 0 Å². The molecule has 22 heteroatoms. The van der Waals surface area contributed by atoms with Crippen LogP contribution in [0, 0.1) is 11.8 Å². The largest absolute Gasteiger partial charge is 0.462 e. The Morgan fingerprint density at radius 1 is 0.708 bits per heavy atom. The van der Waals surface area contributed by atoms with Gasteiger partial charge in [0, 0.05) is 6.42 Å². The number of aliphatic hydroxyl groups is 1. The maximum Gasteiger partial charge on any atom is 0.409 e. The van der Waals surface area contributed by atoms with Crippen molar-refractivity contribution in [3.63, 3.8) is 0 Å². The minimum atomic E-state index is -5.59. The molecule has 2 unspecified atom stereocenters. The summed E-state index contributed by atoms with van der Waals surface area (Å²) >= 11 is 0. The first-order valence-corrected chi connectivity index (χ1v) is 18.0. The van der Waals surface area contributed by atoms with E-state index in [1.54, 1.807) is 27.7 Å². The zero-order valence-corrected chi connectivity index (χ0v) is 30.4. The molecule has 0 radical (unpaired) electrons. The molecule has 0 aromatic heterocycles. The van der Waals surface area contributed by atoms with Gasteiger partial charge in [-0.05, 0) is 52.5 Å². The summed E-state index contributed by atoms with van der Waals surface area (Å²) in [6.07, 6.45) is -3.60. The highest BCUT2D eigenvalue weighted by Crippen LogP contribution is 2.73. The fraction of sp³-hybridized carbons (Fsp3) is 0.846. The second-order valence-electron chi connectivity index (χ2n) is 12.8. The van der Waals surface area contributed by atoms with Crippen molar-refractivity contribution in [3.8, 4) is 0 Å². The lowest BCUT2D eigenvalue weighted by molar-refractivity contribution is -0.149. The number of rotatable bonds is 21.